The molecule has 1 aliphatic rings. The monoisotopic (exact) mass is 266 g/mol. The van der Waals surface area contributed by atoms with Gasteiger partial charge in [-0.15, -0.1) is 10.2 Å². The minimum atomic E-state index is -0.795. The standard InChI is InChI=1S/C11H14N4O2S/c1-5(6(2)10(16)17)9-14-15-8(7-3-4-7)12-13-11(15)18-9/h5-7H,3-4H2,1-2H3,(H,16,17). The van der Waals surface area contributed by atoms with Gasteiger partial charge >= 0.3 is 5.97 Å². The van der Waals surface area contributed by atoms with Crippen molar-refractivity contribution >= 4 is 22.3 Å². The topological polar surface area (TPSA) is 80.4 Å². The van der Waals surface area contributed by atoms with Crippen LogP contribution >= 0.6 is 11.3 Å². The Morgan fingerprint density at radius 3 is 2.78 bits per heavy atom. The number of carboxylic acid groups (broad SMARTS) is 1. The molecule has 2 heterocycles. The van der Waals surface area contributed by atoms with Crippen LogP contribution in [0.1, 0.15) is 49.4 Å². The third-order valence-corrected chi connectivity index (χ3v) is 4.60. The van der Waals surface area contributed by atoms with Crippen molar-refractivity contribution in [3.05, 3.63) is 10.8 Å². The molecule has 1 fully saturated rings. The van der Waals surface area contributed by atoms with Gasteiger partial charge in [0.15, 0.2) is 5.82 Å². The van der Waals surface area contributed by atoms with Gasteiger partial charge in [0.2, 0.25) is 4.96 Å². The zero-order valence-electron chi connectivity index (χ0n) is 10.2. The Morgan fingerprint density at radius 2 is 2.17 bits per heavy atom. The van der Waals surface area contributed by atoms with E-state index in [1.165, 1.54) is 11.3 Å². The first-order chi connectivity index (χ1) is 8.58. The van der Waals surface area contributed by atoms with E-state index in [1.54, 1.807) is 11.4 Å². The summed E-state index contributed by atoms with van der Waals surface area (Å²) in [6, 6.07) is 0. The van der Waals surface area contributed by atoms with Crippen LogP contribution in [0.25, 0.3) is 4.96 Å². The summed E-state index contributed by atoms with van der Waals surface area (Å²) in [4.78, 5) is 11.8. The van der Waals surface area contributed by atoms with E-state index in [2.05, 4.69) is 15.3 Å². The predicted molar refractivity (Wildman–Crippen MR) is 65.8 cm³/mol. The zero-order valence-corrected chi connectivity index (χ0v) is 11.0. The lowest BCUT2D eigenvalue weighted by Gasteiger charge is -2.11. The molecule has 7 heteroatoms. The molecule has 0 aromatic carbocycles. The third-order valence-electron chi connectivity index (χ3n) is 3.50. The Kier molecular flexibility index (Phi) is 2.58. The molecule has 96 valence electrons. The fourth-order valence-corrected chi connectivity index (χ4v) is 2.86. The van der Waals surface area contributed by atoms with Gasteiger partial charge in [0.05, 0.1) is 5.92 Å². The van der Waals surface area contributed by atoms with E-state index in [9.17, 15) is 4.79 Å². The molecule has 2 aromatic heterocycles. The SMILES string of the molecule is CC(C(=O)O)C(C)c1nn2c(C3CC3)nnc2s1. The van der Waals surface area contributed by atoms with Crippen molar-refractivity contribution in [2.75, 3.05) is 0 Å². The van der Waals surface area contributed by atoms with Crippen LogP contribution in [0, 0.1) is 5.92 Å². The van der Waals surface area contributed by atoms with E-state index >= 15 is 0 Å². The maximum Gasteiger partial charge on any atom is 0.306 e. The molecule has 18 heavy (non-hydrogen) atoms. The summed E-state index contributed by atoms with van der Waals surface area (Å²) in [6.07, 6.45) is 2.30. The molecule has 0 radical (unpaired) electrons. The molecule has 0 amide bonds. The highest BCUT2D eigenvalue weighted by molar-refractivity contribution is 7.16. The van der Waals surface area contributed by atoms with Crippen molar-refractivity contribution in [3.8, 4) is 0 Å². The number of rotatable bonds is 4. The summed E-state index contributed by atoms with van der Waals surface area (Å²) in [5, 5.41) is 22.6. The fraction of sp³-hybridized carbons (Fsp3) is 0.636. The average Bonchev–Trinajstić information content (AvgIpc) is 2.96. The maximum absolute atomic E-state index is 11.0. The Labute approximate surface area is 108 Å². The van der Waals surface area contributed by atoms with Gasteiger partial charge in [-0.25, -0.2) is 0 Å². The van der Waals surface area contributed by atoms with Crippen LogP contribution < -0.4 is 0 Å². The molecule has 1 saturated carbocycles. The van der Waals surface area contributed by atoms with Crippen LogP contribution in [0.3, 0.4) is 0 Å². The highest BCUT2D eigenvalue weighted by atomic mass is 32.1. The highest BCUT2D eigenvalue weighted by Crippen LogP contribution is 2.39. The normalized spacial score (nSPS) is 19.0. The number of aromatic nitrogens is 4. The quantitative estimate of drug-likeness (QED) is 0.914. The van der Waals surface area contributed by atoms with Crippen molar-refractivity contribution < 1.29 is 9.90 Å². The lowest BCUT2D eigenvalue weighted by atomic mass is 9.97. The number of aliphatic carboxylic acids is 1. The number of hydrogen-bond donors (Lipinski definition) is 1. The number of carbonyl (C=O) groups is 1. The number of carboxylic acids is 1. The highest BCUT2D eigenvalue weighted by Gasteiger charge is 2.31. The second kappa shape index (κ2) is 4.01. The first-order valence-corrected chi connectivity index (χ1v) is 6.84. The van der Waals surface area contributed by atoms with Crippen molar-refractivity contribution in [1.82, 2.24) is 19.8 Å². The molecule has 0 aliphatic heterocycles. The van der Waals surface area contributed by atoms with Crippen molar-refractivity contribution in [3.63, 3.8) is 0 Å². The van der Waals surface area contributed by atoms with Gasteiger partial charge in [0.1, 0.15) is 5.01 Å². The predicted octanol–water partition coefficient (Wildman–Crippen LogP) is 1.89. The first kappa shape index (κ1) is 11.6. The molecule has 6 nitrogen and oxygen atoms in total. The fourth-order valence-electron chi connectivity index (χ4n) is 1.85. The summed E-state index contributed by atoms with van der Waals surface area (Å²) >= 11 is 1.43. The van der Waals surface area contributed by atoms with Crippen LogP contribution in [-0.4, -0.2) is 30.9 Å². The summed E-state index contributed by atoms with van der Waals surface area (Å²) in [5.41, 5.74) is 0. The Hall–Kier alpha value is -1.50. The number of fused-ring (bicyclic) bond motifs is 1. The summed E-state index contributed by atoms with van der Waals surface area (Å²) in [5.74, 6) is 0.0557. The molecule has 2 unspecified atom stereocenters. The van der Waals surface area contributed by atoms with E-state index < -0.39 is 11.9 Å². The number of hydrogen-bond acceptors (Lipinski definition) is 5. The lowest BCUT2D eigenvalue weighted by molar-refractivity contribution is -0.141. The summed E-state index contributed by atoms with van der Waals surface area (Å²) in [6.45, 7) is 3.60. The van der Waals surface area contributed by atoms with Gasteiger partial charge in [-0.1, -0.05) is 25.2 Å². The minimum absolute atomic E-state index is 0.110. The molecular weight excluding hydrogens is 252 g/mol. The van der Waals surface area contributed by atoms with Crippen LogP contribution in [0.2, 0.25) is 0 Å². The van der Waals surface area contributed by atoms with Gasteiger partial charge in [-0.2, -0.15) is 9.61 Å². The van der Waals surface area contributed by atoms with Crippen molar-refractivity contribution in [2.45, 2.75) is 38.5 Å². The second-order valence-electron chi connectivity index (χ2n) is 4.88. The van der Waals surface area contributed by atoms with Gasteiger partial charge in [0.25, 0.3) is 0 Å². The molecule has 1 aliphatic carbocycles. The Morgan fingerprint density at radius 1 is 1.44 bits per heavy atom. The Balaban J connectivity index is 1.95. The molecule has 2 aromatic rings. The average molecular weight is 266 g/mol. The third kappa shape index (κ3) is 1.78. The molecule has 0 spiro atoms. The molecule has 0 bridgehead atoms. The van der Waals surface area contributed by atoms with Crippen LogP contribution in [-0.2, 0) is 4.79 Å². The second-order valence-corrected chi connectivity index (χ2v) is 5.87. The maximum atomic E-state index is 11.0. The largest absolute Gasteiger partial charge is 0.481 e. The molecule has 3 rings (SSSR count). The molecule has 0 saturated heterocycles. The summed E-state index contributed by atoms with van der Waals surface area (Å²) < 4.78 is 1.78. The zero-order chi connectivity index (χ0) is 12.9. The van der Waals surface area contributed by atoms with Gasteiger partial charge in [0, 0.05) is 11.8 Å². The first-order valence-electron chi connectivity index (χ1n) is 6.02. The van der Waals surface area contributed by atoms with E-state index in [1.807, 2.05) is 6.92 Å². The Bertz CT molecular complexity index is 601. The molecule has 1 N–H and O–H groups in total. The van der Waals surface area contributed by atoms with Crippen molar-refractivity contribution in [2.24, 2.45) is 5.92 Å². The minimum Gasteiger partial charge on any atom is -0.481 e. The van der Waals surface area contributed by atoms with Crippen LogP contribution in [0.15, 0.2) is 0 Å². The smallest absolute Gasteiger partial charge is 0.306 e. The number of nitrogens with zero attached hydrogens (tertiary/aromatic N) is 4. The summed E-state index contributed by atoms with van der Waals surface area (Å²) in [7, 11) is 0. The lowest BCUT2D eigenvalue weighted by Crippen LogP contribution is -2.16. The van der Waals surface area contributed by atoms with E-state index in [-0.39, 0.29) is 5.92 Å². The van der Waals surface area contributed by atoms with Gasteiger partial charge < -0.3 is 5.11 Å². The van der Waals surface area contributed by atoms with Crippen LogP contribution in [0.4, 0.5) is 0 Å². The van der Waals surface area contributed by atoms with Gasteiger partial charge in [-0.05, 0) is 12.8 Å². The van der Waals surface area contributed by atoms with E-state index in [0.717, 1.165) is 28.6 Å². The van der Waals surface area contributed by atoms with Crippen molar-refractivity contribution in [1.29, 1.82) is 0 Å². The molecule has 2 atom stereocenters. The van der Waals surface area contributed by atoms with Crippen LogP contribution in [0.5, 0.6) is 0 Å². The molecular formula is C11H14N4O2S. The van der Waals surface area contributed by atoms with E-state index in [4.69, 9.17) is 5.11 Å². The van der Waals surface area contributed by atoms with Gasteiger partial charge in [-0.3, -0.25) is 4.79 Å². The van der Waals surface area contributed by atoms with E-state index in [0.29, 0.717) is 5.92 Å².